The molecule has 3 aromatic rings. The van der Waals surface area contributed by atoms with E-state index in [1.54, 1.807) is 29.2 Å². The van der Waals surface area contributed by atoms with Crippen LogP contribution in [0.4, 0.5) is 11.4 Å². The number of piperazine rings is 1. The Balaban J connectivity index is 1.38. The molecule has 0 radical (unpaired) electrons. The monoisotopic (exact) mass is 485 g/mol. The van der Waals surface area contributed by atoms with Crippen LogP contribution < -0.4 is 4.90 Å². The number of aryl methyl sites for hydroxylation is 1. The molecule has 1 aliphatic heterocycles. The van der Waals surface area contributed by atoms with Crippen molar-refractivity contribution in [1.29, 1.82) is 0 Å². The van der Waals surface area contributed by atoms with Gasteiger partial charge in [0, 0.05) is 53.9 Å². The molecule has 170 valence electrons. The Hall–Kier alpha value is -3.29. The molecule has 0 unspecified atom stereocenters. The number of hydrogen-bond donors (Lipinski definition) is 0. The fourth-order valence-electron chi connectivity index (χ4n) is 3.68. The number of nitrogens with zero attached hydrogens (tertiary/aromatic N) is 3. The highest BCUT2D eigenvalue weighted by Gasteiger charge is 2.25. The van der Waals surface area contributed by atoms with Crippen LogP contribution >= 0.6 is 23.2 Å². The van der Waals surface area contributed by atoms with Crippen LogP contribution in [0.25, 0.3) is 17.4 Å². The quantitative estimate of drug-likeness (QED) is 0.258. The fourth-order valence-corrected chi connectivity index (χ4v) is 4.03. The third-order valence-electron chi connectivity index (χ3n) is 5.54. The maximum absolute atomic E-state index is 12.6. The van der Waals surface area contributed by atoms with Gasteiger partial charge in [0.1, 0.15) is 17.2 Å². The molecule has 2 heterocycles. The number of halogens is 2. The van der Waals surface area contributed by atoms with Crippen LogP contribution in [0.5, 0.6) is 0 Å². The summed E-state index contributed by atoms with van der Waals surface area (Å²) in [4.78, 5) is 27.2. The highest BCUT2D eigenvalue weighted by atomic mass is 35.5. The average Bonchev–Trinajstić information content (AvgIpc) is 3.28. The number of anilines is 1. The van der Waals surface area contributed by atoms with E-state index in [2.05, 4.69) is 0 Å². The van der Waals surface area contributed by atoms with E-state index in [1.165, 1.54) is 12.1 Å². The number of amides is 1. The summed E-state index contributed by atoms with van der Waals surface area (Å²) in [5, 5.41) is 12.3. The van der Waals surface area contributed by atoms with E-state index in [1.807, 2.05) is 36.1 Å². The lowest BCUT2D eigenvalue weighted by Gasteiger charge is -2.35. The predicted octanol–water partition coefficient (Wildman–Crippen LogP) is 5.83. The Labute approximate surface area is 201 Å². The van der Waals surface area contributed by atoms with Gasteiger partial charge in [0.2, 0.25) is 5.91 Å². The number of hydrogen-bond acceptors (Lipinski definition) is 5. The van der Waals surface area contributed by atoms with Gasteiger partial charge in [-0.1, -0.05) is 35.3 Å². The molecule has 2 aromatic carbocycles. The Morgan fingerprint density at radius 2 is 1.82 bits per heavy atom. The Bertz CT molecular complexity index is 1230. The van der Waals surface area contributed by atoms with Gasteiger partial charge in [-0.05, 0) is 48.9 Å². The van der Waals surface area contributed by atoms with Crippen LogP contribution in [0.15, 0.2) is 59.0 Å². The number of benzene rings is 2. The van der Waals surface area contributed by atoms with E-state index in [9.17, 15) is 14.9 Å². The molecule has 0 aliphatic carbocycles. The van der Waals surface area contributed by atoms with Crippen molar-refractivity contribution in [1.82, 2.24) is 4.90 Å². The van der Waals surface area contributed by atoms with E-state index < -0.39 is 4.92 Å². The summed E-state index contributed by atoms with van der Waals surface area (Å²) in [5.74, 6) is 1.09. The second-order valence-electron chi connectivity index (χ2n) is 7.70. The van der Waals surface area contributed by atoms with Crippen molar-refractivity contribution in [3.63, 3.8) is 0 Å². The lowest BCUT2D eigenvalue weighted by atomic mass is 10.1. The van der Waals surface area contributed by atoms with Crippen molar-refractivity contribution in [3.8, 4) is 11.3 Å². The minimum absolute atomic E-state index is 0.0364. The molecular formula is C24H21Cl2N3O4. The summed E-state index contributed by atoms with van der Waals surface area (Å²) in [7, 11) is 0. The Morgan fingerprint density at radius 3 is 2.52 bits per heavy atom. The van der Waals surface area contributed by atoms with Crippen molar-refractivity contribution in [3.05, 3.63) is 86.1 Å². The highest BCUT2D eigenvalue weighted by molar-refractivity contribution is 6.31. The van der Waals surface area contributed by atoms with Crippen LogP contribution in [0, 0.1) is 17.0 Å². The van der Waals surface area contributed by atoms with Gasteiger partial charge in [-0.3, -0.25) is 14.9 Å². The van der Waals surface area contributed by atoms with Gasteiger partial charge in [-0.2, -0.15) is 0 Å². The summed E-state index contributed by atoms with van der Waals surface area (Å²) in [5.41, 5.74) is 2.32. The molecule has 0 atom stereocenters. The molecule has 0 spiro atoms. The van der Waals surface area contributed by atoms with Gasteiger partial charge >= 0.3 is 0 Å². The third kappa shape index (κ3) is 5.21. The summed E-state index contributed by atoms with van der Waals surface area (Å²) in [6, 6.07) is 14.0. The van der Waals surface area contributed by atoms with E-state index in [-0.39, 0.29) is 11.6 Å². The van der Waals surface area contributed by atoms with Crippen LogP contribution in [-0.2, 0) is 4.79 Å². The second kappa shape index (κ2) is 9.68. The summed E-state index contributed by atoms with van der Waals surface area (Å²) < 4.78 is 5.82. The summed E-state index contributed by atoms with van der Waals surface area (Å²) >= 11 is 12.1. The summed E-state index contributed by atoms with van der Waals surface area (Å²) in [6.07, 6.45) is 3.11. The zero-order valence-electron chi connectivity index (χ0n) is 17.8. The first-order chi connectivity index (χ1) is 15.8. The minimum atomic E-state index is -0.441. The number of nitro benzene ring substituents is 1. The summed E-state index contributed by atoms with van der Waals surface area (Å²) in [6.45, 7) is 3.81. The van der Waals surface area contributed by atoms with Crippen molar-refractivity contribution in [2.24, 2.45) is 0 Å². The first-order valence-corrected chi connectivity index (χ1v) is 11.1. The van der Waals surface area contributed by atoms with Crippen LogP contribution in [0.1, 0.15) is 11.3 Å². The van der Waals surface area contributed by atoms with E-state index in [0.29, 0.717) is 53.4 Å². The Kier molecular flexibility index (Phi) is 6.72. The molecule has 1 saturated heterocycles. The molecule has 0 saturated carbocycles. The van der Waals surface area contributed by atoms with Crippen molar-refractivity contribution >= 4 is 46.6 Å². The largest absolute Gasteiger partial charge is 0.457 e. The molecule has 0 bridgehead atoms. The smallest absolute Gasteiger partial charge is 0.294 e. The molecule has 1 amide bonds. The number of rotatable bonds is 5. The lowest BCUT2D eigenvalue weighted by Crippen LogP contribution is -2.48. The average molecular weight is 486 g/mol. The normalized spacial score (nSPS) is 14.2. The zero-order chi connectivity index (χ0) is 23.5. The zero-order valence-corrected chi connectivity index (χ0v) is 19.3. The molecule has 1 fully saturated rings. The number of furan rings is 1. The molecule has 4 rings (SSSR count). The van der Waals surface area contributed by atoms with Gasteiger partial charge in [-0.15, -0.1) is 0 Å². The lowest BCUT2D eigenvalue weighted by molar-refractivity contribution is -0.384. The van der Waals surface area contributed by atoms with Crippen LogP contribution in [0.2, 0.25) is 10.0 Å². The first-order valence-electron chi connectivity index (χ1n) is 10.3. The standard InChI is InChI=1S/C24H21Cl2N3O4/c1-16-2-3-17(14-20(16)26)23-8-5-19(33-23)6-9-24(30)28-12-10-27(11-13-28)21-7-4-18(25)15-22(21)29(31)32/h2-9,14-15H,10-13H2,1H3/b9-6+. The third-order valence-corrected chi connectivity index (χ3v) is 6.18. The van der Waals surface area contributed by atoms with Gasteiger partial charge < -0.3 is 14.2 Å². The molecule has 0 N–H and O–H groups in total. The maximum Gasteiger partial charge on any atom is 0.294 e. The number of carbonyl (C=O) groups is 1. The SMILES string of the molecule is Cc1ccc(-c2ccc(/C=C/C(=O)N3CCN(c4ccc(Cl)cc4[N+](=O)[O-])CC3)o2)cc1Cl. The topological polar surface area (TPSA) is 79.8 Å². The predicted molar refractivity (Wildman–Crippen MR) is 130 cm³/mol. The van der Waals surface area contributed by atoms with Crippen molar-refractivity contribution in [2.45, 2.75) is 6.92 Å². The van der Waals surface area contributed by atoms with Gasteiger partial charge in [0.15, 0.2) is 0 Å². The van der Waals surface area contributed by atoms with E-state index in [4.69, 9.17) is 27.6 Å². The van der Waals surface area contributed by atoms with Crippen molar-refractivity contribution in [2.75, 3.05) is 31.1 Å². The maximum atomic E-state index is 12.6. The first kappa shape index (κ1) is 22.9. The van der Waals surface area contributed by atoms with Crippen molar-refractivity contribution < 1.29 is 14.1 Å². The highest BCUT2D eigenvalue weighted by Crippen LogP contribution is 2.32. The number of nitro groups is 1. The fraction of sp³-hybridized carbons (Fsp3) is 0.208. The van der Waals surface area contributed by atoms with Gasteiger partial charge in [0.05, 0.1) is 4.92 Å². The van der Waals surface area contributed by atoms with Gasteiger partial charge in [0.25, 0.3) is 5.69 Å². The molecule has 33 heavy (non-hydrogen) atoms. The van der Waals surface area contributed by atoms with E-state index >= 15 is 0 Å². The molecular weight excluding hydrogens is 465 g/mol. The van der Waals surface area contributed by atoms with E-state index in [0.717, 1.165) is 11.1 Å². The van der Waals surface area contributed by atoms with Crippen LogP contribution in [-0.4, -0.2) is 41.9 Å². The minimum Gasteiger partial charge on any atom is -0.457 e. The number of carbonyl (C=O) groups excluding carboxylic acids is 1. The molecule has 1 aliphatic rings. The second-order valence-corrected chi connectivity index (χ2v) is 8.55. The molecule has 7 nitrogen and oxygen atoms in total. The Morgan fingerprint density at radius 1 is 1.06 bits per heavy atom. The van der Waals surface area contributed by atoms with Gasteiger partial charge in [-0.25, -0.2) is 0 Å². The van der Waals surface area contributed by atoms with Crippen LogP contribution in [0.3, 0.4) is 0 Å². The molecule has 1 aromatic heterocycles. The molecule has 9 heteroatoms.